The van der Waals surface area contributed by atoms with Crippen molar-refractivity contribution in [3.63, 3.8) is 0 Å². The molecule has 2 rings (SSSR count). The van der Waals surface area contributed by atoms with Gasteiger partial charge in [0.05, 0.1) is 13.3 Å². The van der Waals surface area contributed by atoms with Crippen LogP contribution in [0.25, 0.3) is 0 Å². The molecule has 2 N–H and O–H groups in total. The topological polar surface area (TPSA) is 79.8 Å². The van der Waals surface area contributed by atoms with Crippen molar-refractivity contribution in [1.29, 1.82) is 0 Å². The van der Waals surface area contributed by atoms with Crippen molar-refractivity contribution in [2.24, 2.45) is 5.10 Å². The summed E-state index contributed by atoms with van der Waals surface area (Å²) in [6.07, 6.45) is 1.53. The summed E-state index contributed by atoms with van der Waals surface area (Å²) in [6, 6.07) is 10.9. The van der Waals surface area contributed by atoms with E-state index in [0.717, 1.165) is 16.9 Å². The Morgan fingerprint density at radius 3 is 2.46 bits per heavy atom. The number of methoxy groups -OCH3 is 1. The first-order valence-corrected chi connectivity index (χ1v) is 8.00. The van der Waals surface area contributed by atoms with Gasteiger partial charge in [0.2, 0.25) is 11.8 Å². The highest BCUT2D eigenvalue weighted by atomic mass is 19.1. The zero-order valence-corrected chi connectivity index (χ0v) is 14.6. The number of carbonyl (C=O) groups is 2. The molecule has 0 radical (unpaired) electrons. The quantitative estimate of drug-likeness (QED) is 0.590. The van der Waals surface area contributed by atoms with Gasteiger partial charge in [0.15, 0.2) is 0 Å². The zero-order chi connectivity index (χ0) is 18.9. The van der Waals surface area contributed by atoms with Crippen molar-refractivity contribution in [2.75, 3.05) is 12.4 Å². The van der Waals surface area contributed by atoms with E-state index in [-0.39, 0.29) is 30.5 Å². The Morgan fingerprint density at radius 2 is 1.81 bits per heavy atom. The van der Waals surface area contributed by atoms with Gasteiger partial charge in [-0.3, -0.25) is 9.59 Å². The maximum Gasteiger partial charge on any atom is 0.240 e. The van der Waals surface area contributed by atoms with Gasteiger partial charge in [0, 0.05) is 18.5 Å². The molecule has 0 aliphatic carbocycles. The van der Waals surface area contributed by atoms with Crippen LogP contribution in [0.2, 0.25) is 0 Å². The van der Waals surface area contributed by atoms with Crippen LogP contribution in [0.3, 0.4) is 0 Å². The molecule has 7 heteroatoms. The highest BCUT2D eigenvalue weighted by Crippen LogP contribution is 2.15. The number of benzene rings is 2. The summed E-state index contributed by atoms with van der Waals surface area (Å²) in [6.45, 7) is 1.91. The van der Waals surface area contributed by atoms with Crippen LogP contribution in [-0.4, -0.2) is 25.1 Å². The van der Waals surface area contributed by atoms with Gasteiger partial charge < -0.3 is 10.1 Å². The highest BCUT2D eigenvalue weighted by molar-refractivity contribution is 5.93. The smallest absolute Gasteiger partial charge is 0.240 e. The summed E-state index contributed by atoms with van der Waals surface area (Å²) in [5.41, 5.74) is 4.67. The van der Waals surface area contributed by atoms with E-state index in [2.05, 4.69) is 15.8 Å². The number of nitrogens with one attached hydrogen (secondary N) is 2. The minimum atomic E-state index is -0.382. The SMILES string of the molecule is COc1ccc(C=NNC(=O)CCC(=O)Nc2ccc(F)cc2)c(C)c1. The fourth-order valence-electron chi connectivity index (χ4n) is 2.13. The first-order chi connectivity index (χ1) is 12.5. The van der Waals surface area contributed by atoms with Crippen molar-refractivity contribution >= 4 is 23.7 Å². The third kappa shape index (κ3) is 6.01. The molecule has 0 atom stereocenters. The first kappa shape index (κ1) is 19.1. The Bertz CT molecular complexity index is 804. The van der Waals surface area contributed by atoms with Crippen LogP contribution in [0.1, 0.15) is 24.0 Å². The number of hydrogen-bond donors (Lipinski definition) is 2. The molecule has 26 heavy (non-hydrogen) atoms. The second-order valence-electron chi connectivity index (χ2n) is 5.57. The van der Waals surface area contributed by atoms with Crippen LogP contribution in [0.15, 0.2) is 47.6 Å². The Labute approximate surface area is 151 Å². The Hall–Kier alpha value is -3.22. The monoisotopic (exact) mass is 357 g/mol. The average Bonchev–Trinajstić information content (AvgIpc) is 2.63. The molecule has 136 valence electrons. The first-order valence-electron chi connectivity index (χ1n) is 8.00. The molecule has 2 amide bonds. The minimum Gasteiger partial charge on any atom is -0.497 e. The molecule has 0 spiro atoms. The summed E-state index contributed by atoms with van der Waals surface area (Å²) in [5.74, 6) is -0.341. The van der Waals surface area contributed by atoms with E-state index in [0.29, 0.717) is 5.69 Å². The van der Waals surface area contributed by atoms with Crippen LogP contribution >= 0.6 is 0 Å². The lowest BCUT2D eigenvalue weighted by Gasteiger charge is -2.05. The van der Waals surface area contributed by atoms with Crippen molar-refractivity contribution in [1.82, 2.24) is 5.43 Å². The van der Waals surface area contributed by atoms with Crippen LogP contribution in [0.5, 0.6) is 5.75 Å². The lowest BCUT2D eigenvalue weighted by molar-refractivity contribution is -0.124. The molecule has 0 unspecified atom stereocenters. The standard InChI is InChI=1S/C19H20FN3O3/c1-13-11-17(26-2)8-3-14(13)12-21-23-19(25)10-9-18(24)22-16-6-4-15(20)5-7-16/h3-8,11-12H,9-10H2,1-2H3,(H,22,24)(H,23,25). The average molecular weight is 357 g/mol. The van der Waals surface area contributed by atoms with Crippen LogP contribution in [0.4, 0.5) is 10.1 Å². The third-order valence-electron chi connectivity index (χ3n) is 3.58. The van der Waals surface area contributed by atoms with Gasteiger partial charge in [-0.2, -0.15) is 5.10 Å². The number of nitrogens with zero attached hydrogens (tertiary/aromatic N) is 1. The largest absolute Gasteiger partial charge is 0.497 e. The molecule has 0 fully saturated rings. The van der Waals surface area contributed by atoms with E-state index in [4.69, 9.17) is 4.74 Å². The normalized spacial score (nSPS) is 10.6. The molecule has 0 aliphatic heterocycles. The molecule has 0 aliphatic rings. The van der Waals surface area contributed by atoms with E-state index in [1.165, 1.54) is 30.5 Å². The lowest BCUT2D eigenvalue weighted by atomic mass is 10.1. The molecule has 0 bridgehead atoms. The zero-order valence-electron chi connectivity index (χ0n) is 14.6. The number of hydrogen-bond acceptors (Lipinski definition) is 4. The summed E-state index contributed by atoms with van der Waals surface area (Å²) in [5, 5.41) is 6.48. The summed E-state index contributed by atoms with van der Waals surface area (Å²) < 4.78 is 17.9. The van der Waals surface area contributed by atoms with Gasteiger partial charge in [-0.05, 0) is 60.5 Å². The summed E-state index contributed by atoms with van der Waals surface area (Å²) >= 11 is 0. The van der Waals surface area contributed by atoms with Crippen LogP contribution < -0.4 is 15.5 Å². The summed E-state index contributed by atoms with van der Waals surface area (Å²) in [7, 11) is 1.59. The van der Waals surface area contributed by atoms with E-state index in [1.807, 2.05) is 19.1 Å². The van der Waals surface area contributed by atoms with Gasteiger partial charge in [-0.15, -0.1) is 0 Å². The van der Waals surface area contributed by atoms with Crippen molar-refractivity contribution in [3.8, 4) is 5.75 Å². The minimum absolute atomic E-state index is 0.000291. The fraction of sp³-hybridized carbons (Fsp3) is 0.211. The number of aryl methyl sites for hydroxylation is 1. The number of rotatable bonds is 7. The van der Waals surface area contributed by atoms with Gasteiger partial charge >= 0.3 is 0 Å². The van der Waals surface area contributed by atoms with E-state index in [1.54, 1.807) is 13.2 Å². The Kier molecular flexibility index (Phi) is 6.84. The van der Waals surface area contributed by atoms with Gasteiger partial charge in [0.25, 0.3) is 0 Å². The fourth-order valence-corrected chi connectivity index (χ4v) is 2.13. The second kappa shape index (κ2) is 9.31. The molecule has 2 aromatic carbocycles. The van der Waals surface area contributed by atoms with Gasteiger partial charge in [-0.25, -0.2) is 9.82 Å². The van der Waals surface area contributed by atoms with Crippen LogP contribution in [0, 0.1) is 12.7 Å². The number of anilines is 1. The van der Waals surface area contributed by atoms with Crippen molar-refractivity contribution < 1.29 is 18.7 Å². The maximum absolute atomic E-state index is 12.8. The summed E-state index contributed by atoms with van der Waals surface area (Å²) in [4.78, 5) is 23.5. The molecular weight excluding hydrogens is 337 g/mol. The third-order valence-corrected chi connectivity index (χ3v) is 3.58. The highest BCUT2D eigenvalue weighted by Gasteiger charge is 2.07. The van der Waals surface area contributed by atoms with Crippen molar-refractivity contribution in [2.45, 2.75) is 19.8 Å². The number of hydrazone groups is 1. The number of ether oxygens (including phenoxy) is 1. The molecular formula is C19H20FN3O3. The lowest BCUT2D eigenvalue weighted by Crippen LogP contribution is -2.20. The number of halogens is 1. The van der Waals surface area contributed by atoms with Crippen molar-refractivity contribution in [3.05, 3.63) is 59.4 Å². The molecule has 2 aromatic rings. The number of amides is 2. The molecule has 0 saturated carbocycles. The van der Waals surface area contributed by atoms with E-state index >= 15 is 0 Å². The molecule has 0 aromatic heterocycles. The second-order valence-corrected chi connectivity index (χ2v) is 5.57. The maximum atomic E-state index is 12.8. The van der Waals surface area contributed by atoms with Crippen LogP contribution in [-0.2, 0) is 9.59 Å². The number of carbonyl (C=O) groups excluding carboxylic acids is 2. The predicted octanol–water partition coefficient (Wildman–Crippen LogP) is 3.01. The molecule has 0 saturated heterocycles. The van der Waals surface area contributed by atoms with Gasteiger partial charge in [-0.1, -0.05) is 0 Å². The van der Waals surface area contributed by atoms with Gasteiger partial charge in [0.1, 0.15) is 11.6 Å². The van der Waals surface area contributed by atoms with E-state index < -0.39 is 0 Å². The predicted molar refractivity (Wildman–Crippen MR) is 97.7 cm³/mol. The molecule has 6 nitrogen and oxygen atoms in total. The Balaban J connectivity index is 1.76. The van der Waals surface area contributed by atoms with E-state index in [9.17, 15) is 14.0 Å². The Morgan fingerprint density at radius 1 is 1.12 bits per heavy atom. The molecule has 0 heterocycles.